The molecule has 1 aromatic carbocycles. The number of primary amides is 1. The highest BCUT2D eigenvalue weighted by atomic mass is 32.1. The van der Waals surface area contributed by atoms with E-state index in [4.69, 9.17) is 11.0 Å². The molecule has 2 amide bonds. The van der Waals surface area contributed by atoms with Gasteiger partial charge in [0, 0.05) is 10.9 Å². The number of amides is 2. The normalized spacial score (nSPS) is 11.3. The number of thiazole rings is 1. The van der Waals surface area contributed by atoms with E-state index in [1.807, 2.05) is 6.07 Å². The summed E-state index contributed by atoms with van der Waals surface area (Å²) in [4.78, 5) is 26.6. The van der Waals surface area contributed by atoms with Gasteiger partial charge < -0.3 is 10.5 Å². The number of carbonyl (C=O) groups is 2. The first-order chi connectivity index (χ1) is 10.5. The summed E-state index contributed by atoms with van der Waals surface area (Å²) in [6, 6.07) is 8.97. The molecule has 0 aliphatic carbocycles. The van der Waals surface area contributed by atoms with Crippen LogP contribution in [-0.2, 0) is 9.53 Å². The molecule has 0 radical (unpaired) electrons. The molecule has 7 nitrogen and oxygen atoms in total. The molecular formula is C14H12N4O3S. The Labute approximate surface area is 130 Å². The summed E-state index contributed by atoms with van der Waals surface area (Å²) in [7, 11) is 0. The van der Waals surface area contributed by atoms with Crippen molar-refractivity contribution in [1.82, 2.24) is 4.98 Å². The van der Waals surface area contributed by atoms with E-state index in [0.717, 1.165) is 5.56 Å². The van der Waals surface area contributed by atoms with Crippen molar-refractivity contribution in [1.29, 1.82) is 5.26 Å². The van der Waals surface area contributed by atoms with Crippen LogP contribution in [0.4, 0.5) is 9.93 Å². The number of benzene rings is 1. The van der Waals surface area contributed by atoms with Gasteiger partial charge in [-0.2, -0.15) is 5.26 Å². The Morgan fingerprint density at radius 1 is 1.41 bits per heavy atom. The van der Waals surface area contributed by atoms with Crippen LogP contribution < -0.4 is 11.1 Å². The third-order valence-corrected chi connectivity index (χ3v) is 3.46. The molecule has 112 valence electrons. The number of anilines is 1. The second-order valence-corrected chi connectivity index (χ2v) is 5.15. The molecule has 3 N–H and O–H groups in total. The van der Waals surface area contributed by atoms with Crippen LogP contribution >= 0.6 is 11.3 Å². The highest BCUT2D eigenvalue weighted by molar-refractivity contribution is 7.14. The molecule has 1 unspecified atom stereocenters. The molecule has 22 heavy (non-hydrogen) atoms. The van der Waals surface area contributed by atoms with Gasteiger partial charge in [0.25, 0.3) is 5.91 Å². The maximum absolute atomic E-state index is 11.8. The first kappa shape index (κ1) is 15.5. The summed E-state index contributed by atoms with van der Waals surface area (Å²) in [6.07, 6.45) is -2.01. The second-order valence-electron chi connectivity index (χ2n) is 4.30. The number of ether oxygens (including phenoxy) is 1. The fraction of sp³-hybridized carbons (Fsp3) is 0.143. The third kappa shape index (κ3) is 3.80. The van der Waals surface area contributed by atoms with Crippen molar-refractivity contribution < 1.29 is 14.3 Å². The van der Waals surface area contributed by atoms with E-state index >= 15 is 0 Å². The highest BCUT2D eigenvalue weighted by Gasteiger charge is 2.17. The molecule has 1 atom stereocenters. The van der Waals surface area contributed by atoms with Crippen LogP contribution in [0, 0.1) is 11.3 Å². The molecule has 0 spiro atoms. The van der Waals surface area contributed by atoms with Gasteiger partial charge in [-0.3, -0.25) is 10.1 Å². The summed E-state index contributed by atoms with van der Waals surface area (Å²) in [5.74, 6) is -0.514. The Morgan fingerprint density at radius 2 is 2.09 bits per heavy atom. The first-order valence-electron chi connectivity index (χ1n) is 6.22. The van der Waals surface area contributed by atoms with Gasteiger partial charge in [0.15, 0.2) is 11.2 Å². The molecule has 1 heterocycles. The average Bonchev–Trinajstić information content (AvgIpc) is 2.95. The van der Waals surface area contributed by atoms with E-state index in [0.29, 0.717) is 16.4 Å². The monoisotopic (exact) mass is 316 g/mol. The zero-order valence-corrected chi connectivity index (χ0v) is 12.4. The quantitative estimate of drug-likeness (QED) is 0.895. The molecular weight excluding hydrogens is 304 g/mol. The number of aromatic nitrogens is 1. The lowest BCUT2D eigenvalue weighted by atomic mass is 10.1. The van der Waals surface area contributed by atoms with Crippen molar-refractivity contribution in [2.45, 2.75) is 13.0 Å². The van der Waals surface area contributed by atoms with Gasteiger partial charge in [-0.15, -0.1) is 11.3 Å². The molecule has 0 saturated carbocycles. The van der Waals surface area contributed by atoms with E-state index in [9.17, 15) is 9.59 Å². The van der Waals surface area contributed by atoms with E-state index in [2.05, 4.69) is 15.0 Å². The van der Waals surface area contributed by atoms with Crippen LogP contribution in [0.2, 0.25) is 0 Å². The van der Waals surface area contributed by atoms with E-state index < -0.39 is 18.1 Å². The molecule has 0 bridgehead atoms. The predicted molar refractivity (Wildman–Crippen MR) is 81.0 cm³/mol. The van der Waals surface area contributed by atoms with Crippen molar-refractivity contribution in [2.75, 3.05) is 5.32 Å². The number of nitrogens with one attached hydrogen (secondary N) is 1. The van der Waals surface area contributed by atoms with Gasteiger partial charge in [-0.05, 0) is 19.1 Å². The lowest BCUT2D eigenvalue weighted by Crippen LogP contribution is -2.31. The van der Waals surface area contributed by atoms with E-state index in [1.165, 1.54) is 18.3 Å². The molecule has 0 saturated heterocycles. The third-order valence-electron chi connectivity index (χ3n) is 2.71. The standard InChI is InChI=1S/C14H12N4O3S/c1-8(21-13(16)20)12(19)18-14-17-11(7-22-14)10-4-2-9(6-15)3-5-10/h2-5,7-8H,1H3,(H2,16,20)(H,17,18,19). The summed E-state index contributed by atoms with van der Waals surface area (Å²) < 4.78 is 4.57. The van der Waals surface area contributed by atoms with Crippen LogP contribution in [-0.4, -0.2) is 23.1 Å². The Kier molecular flexibility index (Phi) is 4.70. The molecule has 1 aromatic heterocycles. The zero-order valence-electron chi connectivity index (χ0n) is 11.6. The van der Waals surface area contributed by atoms with Gasteiger partial charge in [-0.25, -0.2) is 9.78 Å². The smallest absolute Gasteiger partial charge is 0.405 e. The Bertz CT molecular complexity index is 733. The number of rotatable bonds is 4. The molecule has 0 aliphatic rings. The largest absolute Gasteiger partial charge is 0.437 e. The van der Waals surface area contributed by atoms with Crippen LogP contribution in [0.1, 0.15) is 12.5 Å². The molecule has 2 rings (SSSR count). The average molecular weight is 316 g/mol. The van der Waals surface area contributed by atoms with Crippen LogP contribution in [0.5, 0.6) is 0 Å². The summed E-state index contributed by atoms with van der Waals surface area (Å²) in [5, 5.41) is 13.5. The number of nitrogens with two attached hydrogens (primary N) is 1. The van der Waals surface area contributed by atoms with E-state index in [1.54, 1.807) is 29.6 Å². The molecule has 8 heteroatoms. The van der Waals surface area contributed by atoms with Crippen LogP contribution in [0.25, 0.3) is 11.3 Å². The number of nitrogens with zero attached hydrogens (tertiary/aromatic N) is 2. The van der Waals surface area contributed by atoms with Gasteiger partial charge >= 0.3 is 6.09 Å². The zero-order chi connectivity index (χ0) is 16.1. The van der Waals surface area contributed by atoms with Crippen molar-refractivity contribution in [3.63, 3.8) is 0 Å². The summed E-state index contributed by atoms with van der Waals surface area (Å²) >= 11 is 1.24. The topological polar surface area (TPSA) is 118 Å². The maximum atomic E-state index is 11.8. The fourth-order valence-electron chi connectivity index (χ4n) is 1.61. The number of hydrogen-bond donors (Lipinski definition) is 2. The minimum Gasteiger partial charge on any atom is -0.437 e. The lowest BCUT2D eigenvalue weighted by molar-refractivity contribution is -0.123. The molecule has 2 aromatic rings. The van der Waals surface area contributed by atoms with E-state index in [-0.39, 0.29) is 0 Å². The van der Waals surface area contributed by atoms with Crippen molar-refractivity contribution in [3.05, 3.63) is 35.2 Å². The minimum absolute atomic E-state index is 0.379. The van der Waals surface area contributed by atoms with Gasteiger partial charge in [0.1, 0.15) is 0 Å². The Balaban J connectivity index is 2.06. The molecule has 0 fully saturated rings. The van der Waals surface area contributed by atoms with Crippen LogP contribution in [0.15, 0.2) is 29.6 Å². The van der Waals surface area contributed by atoms with Crippen molar-refractivity contribution >= 4 is 28.5 Å². The minimum atomic E-state index is -1.01. The number of nitriles is 1. The fourth-order valence-corrected chi connectivity index (χ4v) is 2.34. The maximum Gasteiger partial charge on any atom is 0.405 e. The second kappa shape index (κ2) is 6.69. The lowest BCUT2D eigenvalue weighted by Gasteiger charge is -2.09. The SMILES string of the molecule is CC(OC(N)=O)C(=O)Nc1nc(-c2ccc(C#N)cc2)cs1. The molecule has 0 aliphatic heterocycles. The Morgan fingerprint density at radius 3 is 2.68 bits per heavy atom. The van der Waals surface area contributed by atoms with Crippen LogP contribution in [0.3, 0.4) is 0 Å². The van der Waals surface area contributed by atoms with Gasteiger partial charge in [-0.1, -0.05) is 12.1 Å². The Hall–Kier alpha value is -2.92. The highest BCUT2D eigenvalue weighted by Crippen LogP contribution is 2.25. The van der Waals surface area contributed by atoms with Crippen molar-refractivity contribution in [3.8, 4) is 17.3 Å². The number of hydrogen-bond acceptors (Lipinski definition) is 6. The number of carbonyl (C=O) groups excluding carboxylic acids is 2. The predicted octanol–water partition coefficient (Wildman–Crippen LogP) is 2.10. The van der Waals surface area contributed by atoms with Gasteiger partial charge in [0.2, 0.25) is 0 Å². The van der Waals surface area contributed by atoms with Gasteiger partial charge in [0.05, 0.1) is 17.3 Å². The summed E-state index contributed by atoms with van der Waals surface area (Å²) in [6.45, 7) is 1.41. The first-order valence-corrected chi connectivity index (χ1v) is 7.10. The van der Waals surface area contributed by atoms with Crippen molar-refractivity contribution in [2.24, 2.45) is 5.73 Å². The summed E-state index contributed by atoms with van der Waals surface area (Å²) in [5.41, 5.74) is 6.92.